The number of rotatable bonds is 5. The molecule has 18 heavy (non-hydrogen) atoms. The second-order valence-electron chi connectivity index (χ2n) is 3.77. The Morgan fingerprint density at radius 3 is 2.89 bits per heavy atom. The van der Waals surface area contributed by atoms with Crippen molar-refractivity contribution in [3.05, 3.63) is 36.0 Å². The quantitative estimate of drug-likeness (QED) is 0.802. The Hall–Kier alpha value is -2.44. The molecule has 0 spiro atoms. The lowest BCUT2D eigenvalue weighted by atomic mass is 10.3. The van der Waals surface area contributed by atoms with Crippen molar-refractivity contribution in [3.8, 4) is 0 Å². The molecular formula is C11H13N5O2. The Labute approximate surface area is 104 Å². The van der Waals surface area contributed by atoms with E-state index in [-0.39, 0.29) is 5.56 Å². The van der Waals surface area contributed by atoms with Crippen molar-refractivity contribution >= 4 is 11.8 Å². The summed E-state index contributed by atoms with van der Waals surface area (Å²) in [6, 6.07) is 3.15. The predicted molar refractivity (Wildman–Crippen MR) is 64.4 cm³/mol. The lowest BCUT2D eigenvalue weighted by Crippen LogP contribution is -2.09. The minimum Gasteiger partial charge on any atom is -0.478 e. The lowest BCUT2D eigenvalue weighted by Gasteiger charge is -2.05. The van der Waals surface area contributed by atoms with Gasteiger partial charge in [-0.1, -0.05) is 0 Å². The molecule has 7 heteroatoms. The molecule has 0 unspecified atom stereocenters. The standard InChI is InChI=1S/C11H13N5O2/c1-16-7-14-15-10(16)4-5-12-9-3-2-8(6-13-9)11(17)18/h2-3,6-7H,4-5H2,1H3,(H,12,13)(H,17,18). The molecule has 0 saturated carbocycles. The van der Waals surface area contributed by atoms with E-state index in [2.05, 4.69) is 20.5 Å². The van der Waals surface area contributed by atoms with Crippen LogP contribution in [0.25, 0.3) is 0 Å². The van der Waals surface area contributed by atoms with Crippen LogP contribution < -0.4 is 5.32 Å². The summed E-state index contributed by atoms with van der Waals surface area (Å²) in [4.78, 5) is 14.6. The zero-order valence-corrected chi connectivity index (χ0v) is 9.87. The second-order valence-corrected chi connectivity index (χ2v) is 3.77. The van der Waals surface area contributed by atoms with E-state index in [0.29, 0.717) is 12.4 Å². The van der Waals surface area contributed by atoms with Gasteiger partial charge >= 0.3 is 5.97 Å². The summed E-state index contributed by atoms with van der Waals surface area (Å²) in [5, 5.41) is 19.6. The van der Waals surface area contributed by atoms with E-state index >= 15 is 0 Å². The molecule has 0 amide bonds. The van der Waals surface area contributed by atoms with E-state index in [4.69, 9.17) is 5.11 Å². The van der Waals surface area contributed by atoms with Gasteiger partial charge in [0.15, 0.2) is 0 Å². The zero-order chi connectivity index (χ0) is 13.0. The highest BCUT2D eigenvalue weighted by Gasteiger charge is 2.03. The monoisotopic (exact) mass is 247 g/mol. The summed E-state index contributed by atoms with van der Waals surface area (Å²) in [5.74, 6) is 0.542. The van der Waals surface area contributed by atoms with Crippen molar-refractivity contribution < 1.29 is 9.90 Å². The van der Waals surface area contributed by atoms with E-state index in [1.165, 1.54) is 12.3 Å². The molecule has 2 heterocycles. The number of hydrogen-bond acceptors (Lipinski definition) is 5. The first-order chi connectivity index (χ1) is 8.66. The zero-order valence-electron chi connectivity index (χ0n) is 9.87. The Morgan fingerprint density at radius 2 is 2.33 bits per heavy atom. The molecule has 2 rings (SSSR count). The van der Waals surface area contributed by atoms with Gasteiger partial charge in [0.2, 0.25) is 0 Å². The maximum absolute atomic E-state index is 10.6. The smallest absolute Gasteiger partial charge is 0.337 e. The van der Waals surface area contributed by atoms with Gasteiger partial charge in [-0.15, -0.1) is 10.2 Å². The minimum atomic E-state index is -0.979. The third-order valence-electron chi connectivity index (χ3n) is 2.47. The normalized spacial score (nSPS) is 10.3. The van der Waals surface area contributed by atoms with Gasteiger partial charge in [-0.05, 0) is 12.1 Å². The van der Waals surface area contributed by atoms with Crippen molar-refractivity contribution in [1.82, 2.24) is 19.7 Å². The van der Waals surface area contributed by atoms with Crippen LogP contribution in [0.15, 0.2) is 24.7 Å². The summed E-state index contributed by atoms with van der Waals surface area (Å²) in [5.41, 5.74) is 0.175. The maximum atomic E-state index is 10.6. The first-order valence-corrected chi connectivity index (χ1v) is 5.43. The number of pyridine rings is 1. The molecule has 0 aromatic carbocycles. The van der Waals surface area contributed by atoms with Crippen molar-refractivity contribution in [3.63, 3.8) is 0 Å². The van der Waals surface area contributed by atoms with E-state index in [0.717, 1.165) is 12.2 Å². The summed E-state index contributed by atoms with van der Waals surface area (Å²) in [6.07, 6.45) is 3.70. The first kappa shape index (κ1) is 12.0. The van der Waals surface area contributed by atoms with Crippen molar-refractivity contribution in [2.24, 2.45) is 7.05 Å². The first-order valence-electron chi connectivity index (χ1n) is 5.43. The van der Waals surface area contributed by atoms with Crippen LogP contribution in [-0.2, 0) is 13.5 Å². The predicted octanol–water partition coefficient (Wildman–Crippen LogP) is 0.563. The molecule has 0 saturated heterocycles. The average molecular weight is 247 g/mol. The third kappa shape index (κ3) is 2.82. The van der Waals surface area contributed by atoms with Crippen LogP contribution in [0.2, 0.25) is 0 Å². The van der Waals surface area contributed by atoms with Gasteiger partial charge in [0.25, 0.3) is 0 Å². The molecule has 0 atom stereocenters. The molecule has 94 valence electrons. The second kappa shape index (κ2) is 5.26. The average Bonchev–Trinajstić information content (AvgIpc) is 2.76. The molecule has 2 N–H and O–H groups in total. The van der Waals surface area contributed by atoms with Crippen molar-refractivity contribution in [2.75, 3.05) is 11.9 Å². The van der Waals surface area contributed by atoms with Crippen LogP contribution in [0.5, 0.6) is 0 Å². The minimum absolute atomic E-state index is 0.175. The van der Waals surface area contributed by atoms with Gasteiger partial charge in [-0.3, -0.25) is 0 Å². The molecule has 2 aromatic heterocycles. The Morgan fingerprint density at radius 1 is 1.50 bits per heavy atom. The van der Waals surface area contributed by atoms with Crippen LogP contribution in [0.1, 0.15) is 16.2 Å². The maximum Gasteiger partial charge on any atom is 0.337 e. The van der Waals surface area contributed by atoms with Crippen LogP contribution in [0, 0.1) is 0 Å². The van der Waals surface area contributed by atoms with Crippen LogP contribution >= 0.6 is 0 Å². The topological polar surface area (TPSA) is 92.9 Å². The van der Waals surface area contributed by atoms with Gasteiger partial charge in [0.05, 0.1) is 5.56 Å². The summed E-state index contributed by atoms with van der Waals surface area (Å²) < 4.78 is 1.85. The molecule has 0 aliphatic rings. The molecular weight excluding hydrogens is 234 g/mol. The number of anilines is 1. The highest BCUT2D eigenvalue weighted by molar-refractivity contribution is 5.87. The van der Waals surface area contributed by atoms with Crippen molar-refractivity contribution in [2.45, 2.75) is 6.42 Å². The number of carboxylic acid groups (broad SMARTS) is 1. The number of nitrogens with one attached hydrogen (secondary N) is 1. The van der Waals surface area contributed by atoms with E-state index in [1.807, 2.05) is 11.6 Å². The summed E-state index contributed by atoms with van der Waals surface area (Å²) in [6.45, 7) is 0.659. The fourth-order valence-electron chi connectivity index (χ4n) is 1.46. The van der Waals surface area contributed by atoms with Gasteiger partial charge in [-0.25, -0.2) is 9.78 Å². The fraction of sp³-hybridized carbons (Fsp3) is 0.273. The highest BCUT2D eigenvalue weighted by atomic mass is 16.4. The highest BCUT2D eigenvalue weighted by Crippen LogP contribution is 2.05. The van der Waals surface area contributed by atoms with Gasteiger partial charge in [-0.2, -0.15) is 0 Å². The fourth-order valence-corrected chi connectivity index (χ4v) is 1.46. The lowest BCUT2D eigenvalue weighted by molar-refractivity contribution is 0.0696. The molecule has 0 bridgehead atoms. The van der Waals surface area contributed by atoms with Gasteiger partial charge in [0.1, 0.15) is 18.0 Å². The van der Waals surface area contributed by atoms with E-state index < -0.39 is 5.97 Å². The molecule has 0 aliphatic carbocycles. The molecule has 7 nitrogen and oxygen atoms in total. The largest absolute Gasteiger partial charge is 0.478 e. The Kier molecular flexibility index (Phi) is 3.52. The summed E-state index contributed by atoms with van der Waals surface area (Å²) >= 11 is 0. The number of carboxylic acids is 1. The Balaban J connectivity index is 1.87. The van der Waals surface area contributed by atoms with Crippen LogP contribution in [-0.4, -0.2) is 37.4 Å². The molecule has 0 aliphatic heterocycles. The SMILES string of the molecule is Cn1cnnc1CCNc1ccc(C(=O)O)cn1. The van der Waals surface area contributed by atoms with Gasteiger partial charge in [0, 0.05) is 26.2 Å². The van der Waals surface area contributed by atoms with E-state index in [9.17, 15) is 4.79 Å². The molecule has 2 aromatic rings. The number of carbonyl (C=O) groups is 1. The number of aryl methyl sites for hydroxylation is 1. The molecule has 0 radical (unpaired) electrons. The van der Waals surface area contributed by atoms with Gasteiger partial charge < -0.3 is 15.0 Å². The number of aromatic carboxylic acids is 1. The van der Waals surface area contributed by atoms with E-state index in [1.54, 1.807) is 12.4 Å². The summed E-state index contributed by atoms with van der Waals surface area (Å²) in [7, 11) is 1.88. The molecule has 0 fully saturated rings. The van der Waals surface area contributed by atoms with Crippen LogP contribution in [0.4, 0.5) is 5.82 Å². The third-order valence-corrected chi connectivity index (χ3v) is 2.47. The van der Waals surface area contributed by atoms with Crippen LogP contribution in [0.3, 0.4) is 0 Å². The number of aromatic nitrogens is 4. The number of nitrogens with zero attached hydrogens (tertiary/aromatic N) is 4. The Bertz CT molecular complexity index is 535. The number of hydrogen-bond donors (Lipinski definition) is 2. The van der Waals surface area contributed by atoms with Crippen molar-refractivity contribution in [1.29, 1.82) is 0 Å².